The lowest BCUT2D eigenvalue weighted by Gasteiger charge is -2.16. The molecule has 1 fully saturated rings. The fourth-order valence-corrected chi connectivity index (χ4v) is 2.08. The van der Waals surface area contributed by atoms with Crippen molar-refractivity contribution in [2.24, 2.45) is 5.92 Å². The summed E-state index contributed by atoms with van der Waals surface area (Å²) in [6.45, 7) is 0.395. The Balaban J connectivity index is 2.12. The van der Waals surface area contributed by atoms with E-state index in [2.05, 4.69) is 0 Å². The molecular formula is C13H11F3N2O. The molecule has 0 spiro atoms. The van der Waals surface area contributed by atoms with Gasteiger partial charge in [0.1, 0.15) is 0 Å². The molecule has 1 aromatic rings. The zero-order valence-corrected chi connectivity index (χ0v) is 9.94. The Hall–Kier alpha value is -2.03. The van der Waals surface area contributed by atoms with Gasteiger partial charge in [-0.2, -0.15) is 18.4 Å². The molecule has 6 heteroatoms. The van der Waals surface area contributed by atoms with Crippen LogP contribution < -0.4 is 0 Å². The molecule has 0 bridgehead atoms. The molecule has 0 radical (unpaired) electrons. The van der Waals surface area contributed by atoms with Gasteiger partial charge in [-0.1, -0.05) is 12.1 Å². The minimum atomic E-state index is -4.39. The van der Waals surface area contributed by atoms with Crippen molar-refractivity contribution in [1.29, 1.82) is 5.26 Å². The summed E-state index contributed by atoms with van der Waals surface area (Å²) < 4.78 is 37.7. The average Bonchev–Trinajstić information content (AvgIpc) is 2.70. The van der Waals surface area contributed by atoms with E-state index in [9.17, 15) is 18.0 Å². The Morgan fingerprint density at radius 2 is 2.16 bits per heavy atom. The standard InChI is InChI=1S/C13H11F3N2O/c14-13(15,16)11-3-1-2-9(4-11)7-18-8-10(6-17)5-12(18)19/h1-4,10H,5,7-8H2. The van der Waals surface area contributed by atoms with Crippen LogP contribution in [0.1, 0.15) is 17.5 Å². The molecule has 1 heterocycles. The number of nitriles is 1. The van der Waals surface area contributed by atoms with Gasteiger partial charge in [0, 0.05) is 19.5 Å². The summed E-state index contributed by atoms with van der Waals surface area (Å²) in [6, 6.07) is 6.90. The summed E-state index contributed by atoms with van der Waals surface area (Å²) >= 11 is 0. The highest BCUT2D eigenvalue weighted by molar-refractivity contribution is 5.79. The number of halogens is 3. The number of hydrogen-bond acceptors (Lipinski definition) is 2. The van der Waals surface area contributed by atoms with Crippen LogP contribution in [-0.2, 0) is 17.5 Å². The van der Waals surface area contributed by atoms with Crippen LogP contribution in [0.5, 0.6) is 0 Å². The molecule has 100 valence electrons. The van der Waals surface area contributed by atoms with Crippen molar-refractivity contribution in [1.82, 2.24) is 4.90 Å². The number of rotatable bonds is 2. The first-order chi connectivity index (χ1) is 8.90. The van der Waals surface area contributed by atoms with Gasteiger partial charge in [0.25, 0.3) is 0 Å². The van der Waals surface area contributed by atoms with Crippen LogP contribution in [0, 0.1) is 17.2 Å². The van der Waals surface area contributed by atoms with Crippen LogP contribution >= 0.6 is 0 Å². The molecule has 0 aliphatic carbocycles. The fraction of sp³-hybridized carbons (Fsp3) is 0.385. The van der Waals surface area contributed by atoms with E-state index in [0.717, 1.165) is 12.1 Å². The van der Waals surface area contributed by atoms with Crippen LogP contribution in [0.25, 0.3) is 0 Å². The molecule has 3 nitrogen and oxygen atoms in total. The molecule has 0 aromatic heterocycles. The minimum absolute atomic E-state index is 0.112. The maximum Gasteiger partial charge on any atom is 0.416 e. The highest BCUT2D eigenvalue weighted by atomic mass is 19.4. The van der Waals surface area contributed by atoms with Crippen molar-refractivity contribution in [2.75, 3.05) is 6.54 Å². The third-order valence-electron chi connectivity index (χ3n) is 3.02. The number of benzene rings is 1. The number of amides is 1. The van der Waals surface area contributed by atoms with Crippen molar-refractivity contribution in [3.8, 4) is 6.07 Å². The molecule has 0 N–H and O–H groups in total. The summed E-state index contributed by atoms with van der Waals surface area (Å²) in [6.07, 6.45) is -4.24. The second kappa shape index (κ2) is 4.92. The molecule has 1 unspecified atom stereocenters. The van der Waals surface area contributed by atoms with E-state index in [1.807, 2.05) is 6.07 Å². The van der Waals surface area contributed by atoms with Crippen LogP contribution in [-0.4, -0.2) is 17.4 Å². The van der Waals surface area contributed by atoms with Crippen molar-refractivity contribution >= 4 is 5.91 Å². The number of likely N-dealkylation sites (tertiary alicyclic amines) is 1. The maximum atomic E-state index is 12.6. The predicted molar refractivity (Wildman–Crippen MR) is 60.6 cm³/mol. The molecule has 1 saturated heterocycles. The Labute approximate surface area is 108 Å². The second-order valence-electron chi connectivity index (χ2n) is 4.50. The molecule has 1 aromatic carbocycles. The SMILES string of the molecule is N#CC1CC(=O)N(Cc2cccc(C(F)(F)F)c2)C1. The van der Waals surface area contributed by atoms with E-state index in [-0.39, 0.29) is 31.3 Å². The molecular weight excluding hydrogens is 257 g/mol. The van der Waals surface area contributed by atoms with E-state index in [1.165, 1.54) is 11.0 Å². The van der Waals surface area contributed by atoms with Gasteiger partial charge >= 0.3 is 6.18 Å². The molecule has 1 amide bonds. The van der Waals surface area contributed by atoms with Gasteiger partial charge in [0.05, 0.1) is 17.6 Å². The molecule has 19 heavy (non-hydrogen) atoms. The monoisotopic (exact) mass is 268 g/mol. The third kappa shape index (κ3) is 3.05. The molecule has 1 aliphatic rings. The number of nitrogens with zero attached hydrogens (tertiary/aromatic N) is 2. The summed E-state index contributed by atoms with van der Waals surface area (Å²) in [5.41, 5.74) is -0.310. The first-order valence-corrected chi connectivity index (χ1v) is 5.73. The third-order valence-corrected chi connectivity index (χ3v) is 3.02. The summed E-state index contributed by atoms with van der Waals surface area (Å²) in [4.78, 5) is 13.0. The zero-order valence-electron chi connectivity index (χ0n) is 9.94. The van der Waals surface area contributed by atoms with Gasteiger partial charge in [0.2, 0.25) is 5.91 Å². The van der Waals surface area contributed by atoms with Gasteiger partial charge in [-0.05, 0) is 17.7 Å². The quantitative estimate of drug-likeness (QED) is 0.827. The average molecular weight is 268 g/mol. The van der Waals surface area contributed by atoms with Gasteiger partial charge < -0.3 is 4.90 Å². The van der Waals surface area contributed by atoms with Gasteiger partial charge in [-0.3, -0.25) is 4.79 Å². The second-order valence-corrected chi connectivity index (χ2v) is 4.50. The highest BCUT2D eigenvalue weighted by Gasteiger charge is 2.32. The lowest BCUT2D eigenvalue weighted by Crippen LogP contribution is -2.24. The molecule has 1 aliphatic heterocycles. The van der Waals surface area contributed by atoms with E-state index in [0.29, 0.717) is 5.56 Å². The summed E-state index contributed by atoms with van der Waals surface area (Å²) in [7, 11) is 0. The highest BCUT2D eigenvalue weighted by Crippen LogP contribution is 2.30. The largest absolute Gasteiger partial charge is 0.416 e. The van der Waals surface area contributed by atoms with Crippen molar-refractivity contribution in [3.05, 3.63) is 35.4 Å². The Kier molecular flexibility index (Phi) is 3.47. The van der Waals surface area contributed by atoms with Crippen LogP contribution in [0.4, 0.5) is 13.2 Å². The van der Waals surface area contributed by atoms with E-state index < -0.39 is 11.7 Å². The Morgan fingerprint density at radius 1 is 1.42 bits per heavy atom. The molecule has 1 atom stereocenters. The zero-order chi connectivity index (χ0) is 14.0. The van der Waals surface area contributed by atoms with Crippen molar-refractivity contribution in [2.45, 2.75) is 19.1 Å². The lowest BCUT2D eigenvalue weighted by molar-refractivity contribution is -0.137. The fourth-order valence-electron chi connectivity index (χ4n) is 2.08. The number of carbonyl (C=O) groups excluding carboxylic acids is 1. The van der Waals surface area contributed by atoms with Crippen molar-refractivity contribution < 1.29 is 18.0 Å². The summed E-state index contributed by atoms with van der Waals surface area (Å²) in [5.74, 6) is -0.553. The van der Waals surface area contributed by atoms with Gasteiger partial charge in [-0.25, -0.2) is 0 Å². The van der Waals surface area contributed by atoms with Gasteiger partial charge in [0.15, 0.2) is 0 Å². The van der Waals surface area contributed by atoms with Crippen molar-refractivity contribution in [3.63, 3.8) is 0 Å². The van der Waals surface area contributed by atoms with E-state index in [1.54, 1.807) is 6.07 Å². The van der Waals surface area contributed by atoms with E-state index in [4.69, 9.17) is 5.26 Å². The van der Waals surface area contributed by atoms with Crippen LogP contribution in [0.15, 0.2) is 24.3 Å². The summed E-state index contributed by atoms with van der Waals surface area (Å²) in [5, 5.41) is 8.74. The van der Waals surface area contributed by atoms with Crippen LogP contribution in [0.2, 0.25) is 0 Å². The Morgan fingerprint density at radius 3 is 2.74 bits per heavy atom. The topological polar surface area (TPSA) is 44.1 Å². The molecule has 0 saturated carbocycles. The number of hydrogen-bond donors (Lipinski definition) is 0. The molecule has 2 rings (SSSR count). The lowest BCUT2D eigenvalue weighted by atomic mass is 10.1. The van der Waals surface area contributed by atoms with Gasteiger partial charge in [-0.15, -0.1) is 0 Å². The maximum absolute atomic E-state index is 12.6. The predicted octanol–water partition coefficient (Wildman–Crippen LogP) is 2.58. The first kappa shape index (κ1) is 13.4. The smallest absolute Gasteiger partial charge is 0.337 e. The number of alkyl halides is 3. The Bertz CT molecular complexity index is 533. The van der Waals surface area contributed by atoms with Crippen LogP contribution in [0.3, 0.4) is 0 Å². The minimum Gasteiger partial charge on any atom is -0.337 e. The number of carbonyl (C=O) groups is 1. The normalized spacial score (nSPS) is 19.6. The van der Waals surface area contributed by atoms with E-state index >= 15 is 0 Å². The first-order valence-electron chi connectivity index (χ1n) is 5.73.